The van der Waals surface area contributed by atoms with Crippen molar-refractivity contribution in [2.45, 2.75) is 146 Å². The summed E-state index contributed by atoms with van der Waals surface area (Å²) >= 11 is 0. The van der Waals surface area contributed by atoms with Crippen molar-refractivity contribution in [2.75, 3.05) is 0 Å². The van der Waals surface area contributed by atoms with Crippen molar-refractivity contribution in [1.29, 1.82) is 0 Å². The highest BCUT2D eigenvalue weighted by Crippen LogP contribution is 2.40. The molecule has 2 aliphatic rings. The average Bonchev–Trinajstić information content (AvgIpc) is 2.66. The Morgan fingerprint density at radius 1 is 0.385 bits per heavy atom. The summed E-state index contributed by atoms with van der Waals surface area (Å²) in [6.45, 7) is 5.06. The van der Waals surface area contributed by atoms with Gasteiger partial charge in [0.25, 0.3) is 0 Å². The van der Waals surface area contributed by atoms with Crippen molar-refractivity contribution in [2.24, 2.45) is 0 Å². The molecule has 0 aliphatic heterocycles. The molecule has 0 heterocycles. The fourth-order valence-corrected chi connectivity index (χ4v) is 5.16. The summed E-state index contributed by atoms with van der Waals surface area (Å²) in [5, 5.41) is 0.880. The SMILES string of the molecule is CC1([B][B][B]C2(C)CCCCCCCCC2)CCCCCCCCCC1. The molecule has 2 rings (SSSR count). The van der Waals surface area contributed by atoms with Gasteiger partial charge in [0, 0.05) is 7.06 Å². The van der Waals surface area contributed by atoms with E-state index in [1.54, 1.807) is 0 Å². The number of rotatable bonds is 4. The molecule has 0 saturated heterocycles. The highest BCUT2D eigenvalue weighted by Gasteiger charge is 2.28. The Bertz CT molecular complexity index is 333. The van der Waals surface area contributed by atoms with Crippen LogP contribution in [0, 0.1) is 0 Å². The van der Waals surface area contributed by atoms with E-state index in [0.717, 1.165) is 0 Å². The smallest absolute Gasteiger partial charge is 0.0635 e. The number of hydrogen-bond donors (Lipinski definition) is 0. The van der Waals surface area contributed by atoms with E-state index < -0.39 is 0 Å². The van der Waals surface area contributed by atoms with Gasteiger partial charge in [0.2, 0.25) is 0 Å². The lowest BCUT2D eigenvalue weighted by molar-refractivity contribution is 0.429. The van der Waals surface area contributed by atoms with Crippen molar-refractivity contribution in [3.05, 3.63) is 0 Å². The van der Waals surface area contributed by atoms with Crippen LogP contribution in [0.2, 0.25) is 10.6 Å². The third-order valence-corrected chi connectivity index (χ3v) is 7.24. The van der Waals surface area contributed by atoms with Gasteiger partial charge >= 0.3 is 0 Å². The maximum absolute atomic E-state index is 2.61. The summed E-state index contributed by atoms with van der Waals surface area (Å²) in [6.07, 6.45) is 27.4. The van der Waals surface area contributed by atoms with Gasteiger partial charge in [-0.25, -0.2) is 0 Å². The minimum Gasteiger partial charge on any atom is -0.0696 e. The van der Waals surface area contributed by atoms with Crippen LogP contribution in [-0.2, 0) is 0 Å². The van der Waals surface area contributed by atoms with E-state index in [2.05, 4.69) is 35.2 Å². The van der Waals surface area contributed by atoms with Gasteiger partial charge in [-0.2, -0.15) is 0 Å². The van der Waals surface area contributed by atoms with Crippen LogP contribution in [0.5, 0.6) is 0 Å². The molecule has 2 fully saturated rings. The zero-order valence-electron chi connectivity index (χ0n) is 18.2. The summed E-state index contributed by atoms with van der Waals surface area (Å²) < 4.78 is 0. The highest BCUT2D eigenvalue weighted by atomic mass is 14.2. The molecule has 0 bridgehead atoms. The van der Waals surface area contributed by atoms with Crippen molar-refractivity contribution < 1.29 is 0 Å². The molecule has 0 spiro atoms. The summed E-state index contributed by atoms with van der Waals surface area (Å²) in [5.41, 5.74) is 0. The quantitative estimate of drug-likeness (QED) is 0.454. The van der Waals surface area contributed by atoms with Crippen LogP contribution in [-0.4, -0.2) is 21.4 Å². The Morgan fingerprint density at radius 3 is 0.885 bits per heavy atom. The number of hydrogen-bond acceptors (Lipinski definition) is 0. The Hall–Kier alpha value is 0.195. The predicted molar refractivity (Wildman–Crippen MR) is 122 cm³/mol. The van der Waals surface area contributed by atoms with Gasteiger partial charge in [0.15, 0.2) is 0 Å². The molecule has 0 aromatic carbocycles. The maximum atomic E-state index is 2.61. The molecule has 0 N–H and O–H groups in total. The molecule has 0 unspecified atom stereocenters. The van der Waals surface area contributed by atoms with E-state index in [-0.39, 0.29) is 0 Å². The minimum atomic E-state index is 0.438. The molecule has 145 valence electrons. The van der Waals surface area contributed by atoms with Gasteiger partial charge in [-0.3, -0.25) is 0 Å². The normalized spacial score (nSPS) is 26.1. The summed E-state index contributed by atoms with van der Waals surface area (Å²) in [5.74, 6) is 0. The molecular weight excluding hydrogens is 309 g/mol. The molecule has 0 nitrogen and oxygen atoms in total. The van der Waals surface area contributed by atoms with Crippen LogP contribution in [0.15, 0.2) is 0 Å². The van der Waals surface area contributed by atoms with Crippen molar-refractivity contribution in [3.8, 4) is 0 Å². The summed E-state index contributed by atoms with van der Waals surface area (Å²) in [6, 6.07) is 0. The Kier molecular flexibility index (Phi) is 10.9. The molecule has 0 aromatic rings. The molecule has 0 atom stereocenters. The third kappa shape index (κ3) is 9.41. The first-order valence-electron chi connectivity index (χ1n) is 12.2. The van der Waals surface area contributed by atoms with E-state index in [1.165, 1.54) is 122 Å². The van der Waals surface area contributed by atoms with E-state index in [1.807, 2.05) is 0 Å². The van der Waals surface area contributed by atoms with E-state index in [4.69, 9.17) is 0 Å². The molecule has 26 heavy (non-hydrogen) atoms. The first-order valence-corrected chi connectivity index (χ1v) is 12.2. The van der Waals surface area contributed by atoms with E-state index >= 15 is 0 Å². The van der Waals surface area contributed by atoms with Crippen LogP contribution in [0.4, 0.5) is 0 Å². The minimum absolute atomic E-state index is 0.438. The third-order valence-electron chi connectivity index (χ3n) is 7.24. The maximum Gasteiger partial charge on any atom is 0.0635 e. The molecule has 2 saturated carbocycles. The van der Waals surface area contributed by atoms with Crippen molar-refractivity contribution >= 4 is 21.4 Å². The highest BCUT2D eigenvalue weighted by molar-refractivity contribution is 7.30. The fraction of sp³-hybridized carbons (Fsp3) is 1.00. The van der Waals surface area contributed by atoms with Crippen LogP contribution in [0.25, 0.3) is 0 Å². The lowest BCUT2D eigenvalue weighted by Crippen LogP contribution is -2.32. The topological polar surface area (TPSA) is 0 Å². The van der Waals surface area contributed by atoms with Crippen LogP contribution >= 0.6 is 0 Å². The molecule has 2 aliphatic carbocycles. The first kappa shape index (κ1) is 22.5. The second-order valence-electron chi connectivity index (χ2n) is 10.1. The van der Waals surface area contributed by atoms with Crippen LogP contribution in [0.1, 0.15) is 136 Å². The van der Waals surface area contributed by atoms with Crippen LogP contribution < -0.4 is 0 Å². The lowest BCUT2D eigenvalue weighted by Gasteiger charge is -2.34. The zero-order valence-corrected chi connectivity index (χ0v) is 18.2. The predicted octanol–water partition coefficient (Wildman–Crippen LogP) is 7.73. The second kappa shape index (κ2) is 12.6. The summed E-state index contributed by atoms with van der Waals surface area (Å²) in [7, 11) is 7.70. The van der Waals surface area contributed by atoms with E-state index in [9.17, 15) is 0 Å². The van der Waals surface area contributed by atoms with Gasteiger partial charge < -0.3 is 0 Å². The van der Waals surface area contributed by atoms with Gasteiger partial charge in [-0.1, -0.05) is 146 Å². The van der Waals surface area contributed by atoms with Crippen molar-refractivity contribution in [1.82, 2.24) is 0 Å². The first-order chi connectivity index (χ1) is 12.6. The Morgan fingerprint density at radius 2 is 0.615 bits per heavy atom. The molecule has 0 aromatic heterocycles. The fourth-order valence-electron chi connectivity index (χ4n) is 5.16. The summed E-state index contributed by atoms with van der Waals surface area (Å²) in [4.78, 5) is 0. The van der Waals surface area contributed by atoms with Gasteiger partial charge in [-0.15, -0.1) is 0 Å². The van der Waals surface area contributed by atoms with Crippen molar-refractivity contribution in [3.63, 3.8) is 0 Å². The van der Waals surface area contributed by atoms with Gasteiger partial charge in [0.1, 0.15) is 0 Å². The van der Waals surface area contributed by atoms with E-state index in [0.29, 0.717) is 10.6 Å². The largest absolute Gasteiger partial charge is 0.0696 e. The Labute approximate surface area is 168 Å². The molecule has 3 radical (unpaired) electrons. The molecule has 3 heteroatoms. The molecule has 0 amide bonds. The Balaban J connectivity index is 1.79. The lowest BCUT2D eigenvalue weighted by atomic mass is 9.09. The van der Waals surface area contributed by atoms with Gasteiger partial charge in [-0.05, 0) is 0 Å². The monoisotopic (exact) mass is 353 g/mol. The standard InChI is InChI=1S/C23H44B3/c1-22(18-14-10-6-3-4-7-11-15-19-22)24-26-25-23(2)20-16-12-8-5-9-13-17-21-23/h3-21H2,1-2H3. The molecular formula is C23H44B3. The van der Waals surface area contributed by atoms with Crippen LogP contribution in [0.3, 0.4) is 0 Å². The zero-order chi connectivity index (χ0) is 18.6. The average molecular weight is 353 g/mol. The van der Waals surface area contributed by atoms with Gasteiger partial charge in [0.05, 0.1) is 14.3 Å². The second-order valence-corrected chi connectivity index (χ2v) is 10.1.